The van der Waals surface area contributed by atoms with Gasteiger partial charge in [0.2, 0.25) is 0 Å². The summed E-state index contributed by atoms with van der Waals surface area (Å²) in [6.45, 7) is 2.30. The fourth-order valence-electron chi connectivity index (χ4n) is 3.14. The summed E-state index contributed by atoms with van der Waals surface area (Å²) in [6, 6.07) is 4.24. The first kappa shape index (κ1) is 19.6. The number of likely N-dealkylation sites (tertiary alicyclic amines) is 1. The molecule has 11 heteroatoms. The van der Waals surface area contributed by atoms with E-state index in [-0.39, 0.29) is 5.82 Å². The van der Waals surface area contributed by atoms with E-state index in [0.717, 1.165) is 10.5 Å². The van der Waals surface area contributed by atoms with E-state index in [0.29, 0.717) is 11.5 Å². The van der Waals surface area contributed by atoms with Gasteiger partial charge in [0.15, 0.2) is 5.82 Å². The highest BCUT2D eigenvalue weighted by atomic mass is 19.4. The lowest BCUT2D eigenvalue weighted by molar-refractivity contribution is -0.187. The molecule has 28 heavy (non-hydrogen) atoms. The molecule has 0 spiro atoms. The molecule has 3 heterocycles. The number of pyridine rings is 1. The molecule has 0 bridgehead atoms. The van der Waals surface area contributed by atoms with Crippen molar-refractivity contribution < 1.29 is 27.9 Å². The van der Waals surface area contributed by atoms with Crippen LogP contribution in [0.4, 0.5) is 23.8 Å². The van der Waals surface area contributed by atoms with Gasteiger partial charge in [0.25, 0.3) is 0 Å². The zero-order valence-electron chi connectivity index (χ0n) is 15.1. The molecule has 2 aromatic heterocycles. The molecular weight excluding hydrogens is 379 g/mol. The number of nitrogens with one attached hydrogen (secondary N) is 1. The lowest BCUT2D eigenvalue weighted by Gasteiger charge is -2.19. The summed E-state index contributed by atoms with van der Waals surface area (Å²) in [7, 11) is 0. The third-order valence-electron chi connectivity index (χ3n) is 4.53. The minimum absolute atomic E-state index is 0.225. The monoisotopic (exact) mass is 397 g/mol. The van der Waals surface area contributed by atoms with Gasteiger partial charge < -0.3 is 10.0 Å². The molecule has 2 aromatic rings. The van der Waals surface area contributed by atoms with Gasteiger partial charge in [-0.1, -0.05) is 0 Å². The molecule has 2 atom stereocenters. The van der Waals surface area contributed by atoms with Crippen LogP contribution in [0.3, 0.4) is 0 Å². The average molecular weight is 397 g/mol. The molecule has 150 valence electrons. The van der Waals surface area contributed by atoms with Crippen molar-refractivity contribution in [3.8, 4) is 5.82 Å². The van der Waals surface area contributed by atoms with E-state index in [1.807, 2.05) is 6.92 Å². The number of alkyl halides is 3. The van der Waals surface area contributed by atoms with Crippen LogP contribution >= 0.6 is 0 Å². The maximum absolute atomic E-state index is 13.1. The molecule has 2 amide bonds. The number of carbonyl (C=O) groups excluding carboxylic acids is 1. The minimum Gasteiger partial charge on any atom is -0.481 e. The maximum atomic E-state index is 13.1. The van der Waals surface area contributed by atoms with E-state index in [1.54, 1.807) is 31.3 Å². The van der Waals surface area contributed by atoms with E-state index >= 15 is 0 Å². The number of amides is 2. The molecule has 1 saturated heterocycles. The number of carbonyl (C=O) groups is 2. The molecule has 1 fully saturated rings. The third-order valence-corrected chi connectivity index (χ3v) is 4.53. The van der Waals surface area contributed by atoms with Crippen molar-refractivity contribution in [2.45, 2.75) is 20.0 Å². The number of aromatic nitrogens is 3. The van der Waals surface area contributed by atoms with Crippen LogP contribution in [0.1, 0.15) is 11.3 Å². The normalized spacial score (nSPS) is 19.7. The van der Waals surface area contributed by atoms with Crippen LogP contribution in [0.5, 0.6) is 0 Å². The minimum atomic E-state index is -4.71. The molecule has 2 N–H and O–H groups in total. The van der Waals surface area contributed by atoms with Gasteiger partial charge in [-0.25, -0.2) is 9.78 Å². The first-order valence-corrected chi connectivity index (χ1v) is 8.41. The Balaban J connectivity index is 1.82. The molecule has 0 unspecified atom stereocenters. The Morgan fingerprint density at radius 3 is 2.54 bits per heavy atom. The van der Waals surface area contributed by atoms with Crippen molar-refractivity contribution in [3.05, 3.63) is 35.7 Å². The molecule has 0 aliphatic carbocycles. The highest BCUT2D eigenvalue weighted by molar-refractivity contribution is 5.89. The van der Waals surface area contributed by atoms with Crippen LogP contribution in [0.2, 0.25) is 0 Å². The molecule has 0 saturated carbocycles. The summed E-state index contributed by atoms with van der Waals surface area (Å²) in [4.78, 5) is 28.7. The summed E-state index contributed by atoms with van der Waals surface area (Å²) < 4.78 is 40.7. The van der Waals surface area contributed by atoms with E-state index in [1.165, 1.54) is 4.68 Å². The van der Waals surface area contributed by atoms with Crippen LogP contribution < -0.4 is 5.32 Å². The van der Waals surface area contributed by atoms with Crippen molar-refractivity contribution >= 4 is 17.8 Å². The lowest BCUT2D eigenvalue weighted by Crippen LogP contribution is -2.35. The fourth-order valence-corrected chi connectivity index (χ4v) is 3.14. The van der Waals surface area contributed by atoms with Gasteiger partial charge in [0.1, 0.15) is 5.82 Å². The number of carboxylic acids is 1. The molecule has 1 aliphatic rings. The molecule has 0 aromatic carbocycles. The lowest BCUT2D eigenvalue weighted by atomic mass is 9.96. The first-order valence-electron chi connectivity index (χ1n) is 8.41. The summed E-state index contributed by atoms with van der Waals surface area (Å²) in [5.41, 5.74) is 1.48. The predicted molar refractivity (Wildman–Crippen MR) is 92.1 cm³/mol. The first-order chi connectivity index (χ1) is 13.1. The number of nitrogens with zero attached hydrogens (tertiary/aromatic N) is 4. The van der Waals surface area contributed by atoms with Crippen molar-refractivity contribution in [1.82, 2.24) is 19.7 Å². The van der Waals surface area contributed by atoms with Crippen molar-refractivity contribution in [2.24, 2.45) is 11.8 Å². The van der Waals surface area contributed by atoms with Gasteiger partial charge in [0.05, 0.1) is 17.5 Å². The molecule has 3 rings (SSSR count). The van der Waals surface area contributed by atoms with Gasteiger partial charge >= 0.3 is 18.2 Å². The quantitative estimate of drug-likeness (QED) is 0.829. The zero-order valence-corrected chi connectivity index (χ0v) is 15.1. The largest absolute Gasteiger partial charge is 0.481 e. The Kier molecular flexibility index (Phi) is 5.01. The summed E-state index contributed by atoms with van der Waals surface area (Å²) in [6.07, 6.45) is -3.14. The Labute approximate surface area is 158 Å². The fraction of sp³-hybridized carbons (Fsp3) is 0.412. The summed E-state index contributed by atoms with van der Waals surface area (Å²) in [5, 5.41) is 15.8. The predicted octanol–water partition coefficient (Wildman–Crippen LogP) is 2.61. The Morgan fingerprint density at radius 1 is 1.25 bits per heavy atom. The molecular formula is C17H18F3N5O3. The number of aryl methyl sites for hydroxylation is 2. The van der Waals surface area contributed by atoms with Crippen molar-refractivity contribution in [1.29, 1.82) is 0 Å². The van der Waals surface area contributed by atoms with Crippen LogP contribution in [-0.4, -0.2) is 56.0 Å². The van der Waals surface area contributed by atoms with Gasteiger partial charge in [-0.15, -0.1) is 0 Å². The van der Waals surface area contributed by atoms with Gasteiger partial charge in [-0.3, -0.25) is 10.1 Å². The van der Waals surface area contributed by atoms with Crippen LogP contribution in [-0.2, 0) is 4.79 Å². The Bertz CT molecular complexity index is 912. The third kappa shape index (κ3) is 3.92. The topological polar surface area (TPSA) is 100 Å². The number of anilines is 1. The second-order valence-electron chi connectivity index (χ2n) is 6.70. The number of aliphatic carboxylic acids is 1. The van der Waals surface area contributed by atoms with Crippen LogP contribution in [0, 0.1) is 25.7 Å². The standard InChI is InChI=1S/C17H18F3N5O3/c1-9-3-4-21-13(5-9)25-14(6-10(2)23-25)22-16(28)24-7-11(15(26)27)12(8-24)17(18,19)20/h3-6,11-12H,7-8H2,1-2H3,(H,22,28)(H,26,27)/t11-,12-/m1/s1. The van der Waals surface area contributed by atoms with E-state index in [9.17, 15) is 22.8 Å². The maximum Gasteiger partial charge on any atom is 0.394 e. The summed E-state index contributed by atoms with van der Waals surface area (Å²) in [5.74, 6) is -4.73. The Morgan fingerprint density at radius 2 is 1.96 bits per heavy atom. The number of rotatable bonds is 3. The second kappa shape index (κ2) is 7.13. The molecule has 8 nitrogen and oxygen atoms in total. The molecule has 1 aliphatic heterocycles. The highest BCUT2D eigenvalue weighted by Gasteiger charge is 2.53. The number of urea groups is 1. The average Bonchev–Trinajstić information content (AvgIpc) is 3.18. The second-order valence-corrected chi connectivity index (χ2v) is 6.70. The zero-order chi connectivity index (χ0) is 20.6. The van der Waals surface area contributed by atoms with Gasteiger partial charge in [-0.2, -0.15) is 23.0 Å². The SMILES string of the molecule is Cc1ccnc(-n2nc(C)cc2NC(=O)N2C[C@@H](C(F)(F)F)[C@H](C(=O)O)C2)c1. The number of carboxylic acid groups (broad SMARTS) is 1. The summed E-state index contributed by atoms with van der Waals surface area (Å²) >= 11 is 0. The van der Waals surface area contributed by atoms with Gasteiger partial charge in [-0.05, 0) is 31.5 Å². The van der Waals surface area contributed by atoms with E-state index < -0.39 is 43.1 Å². The van der Waals surface area contributed by atoms with Crippen LogP contribution in [0.15, 0.2) is 24.4 Å². The Hall–Kier alpha value is -3.11. The smallest absolute Gasteiger partial charge is 0.394 e. The number of hydrogen-bond acceptors (Lipinski definition) is 4. The van der Waals surface area contributed by atoms with Gasteiger partial charge in [0, 0.05) is 25.4 Å². The van der Waals surface area contributed by atoms with E-state index in [2.05, 4.69) is 15.4 Å². The molecule has 0 radical (unpaired) electrons. The number of hydrogen-bond donors (Lipinski definition) is 2. The van der Waals surface area contributed by atoms with Crippen molar-refractivity contribution in [3.63, 3.8) is 0 Å². The number of halogens is 3. The van der Waals surface area contributed by atoms with E-state index in [4.69, 9.17) is 5.11 Å². The van der Waals surface area contributed by atoms with Crippen molar-refractivity contribution in [2.75, 3.05) is 18.4 Å². The van der Waals surface area contributed by atoms with Crippen LogP contribution in [0.25, 0.3) is 5.82 Å². The highest BCUT2D eigenvalue weighted by Crippen LogP contribution is 2.38.